The Hall–Kier alpha value is -1.22. The summed E-state index contributed by atoms with van der Waals surface area (Å²) in [7, 11) is 0. The van der Waals surface area contributed by atoms with Gasteiger partial charge in [-0.3, -0.25) is 4.79 Å². The monoisotopic (exact) mass is 671 g/mol. The quantitative estimate of drug-likeness (QED) is 0.198. The van der Waals surface area contributed by atoms with E-state index in [-0.39, 0.29) is 57.6 Å². The van der Waals surface area contributed by atoms with Crippen molar-refractivity contribution in [3.05, 3.63) is 35.9 Å². The summed E-state index contributed by atoms with van der Waals surface area (Å²) < 4.78 is 13.4. The summed E-state index contributed by atoms with van der Waals surface area (Å²) in [6.45, 7) is 15.0. The lowest BCUT2D eigenvalue weighted by atomic mass is 9.41. The number of aliphatic hydroxyl groups is 3. The second-order valence-corrected chi connectivity index (χ2v) is 18.9. The molecule has 7 nitrogen and oxygen atoms in total. The molecule has 1 heterocycles. The fourth-order valence-corrected chi connectivity index (χ4v) is 13.6. The van der Waals surface area contributed by atoms with Gasteiger partial charge in [0.15, 0.2) is 0 Å². The molecule has 0 amide bonds. The maximum Gasteiger partial charge on any atom is 0.325 e. The van der Waals surface area contributed by atoms with Gasteiger partial charge in [-0.25, -0.2) is 4.84 Å². The zero-order valence-corrected chi connectivity index (χ0v) is 30.3. The highest BCUT2D eigenvalue weighted by atomic mass is 35.5. The molecule has 13 atom stereocenters. The van der Waals surface area contributed by atoms with Crippen LogP contribution in [-0.4, -0.2) is 62.9 Å². The summed E-state index contributed by atoms with van der Waals surface area (Å²) in [5.41, 5.74) is -1.13. The molecule has 1 saturated heterocycles. The van der Waals surface area contributed by atoms with Gasteiger partial charge in [0.05, 0.1) is 29.5 Å². The van der Waals surface area contributed by atoms with E-state index in [0.29, 0.717) is 12.8 Å². The first kappa shape index (κ1) is 34.2. The van der Waals surface area contributed by atoms with E-state index < -0.39 is 34.9 Å². The molecule has 0 aromatic heterocycles. The first-order chi connectivity index (χ1) is 21.9. The van der Waals surface area contributed by atoms with Gasteiger partial charge < -0.3 is 24.8 Å². The number of hydrogen-bond acceptors (Lipinski definition) is 7. The Morgan fingerprint density at radius 2 is 1.70 bits per heavy atom. The van der Waals surface area contributed by atoms with E-state index in [2.05, 4.69) is 39.5 Å². The number of halogens is 1. The number of carbonyl (C=O) groups excluding carboxylic acids is 1. The van der Waals surface area contributed by atoms with Gasteiger partial charge >= 0.3 is 5.97 Å². The van der Waals surface area contributed by atoms with Gasteiger partial charge in [0.25, 0.3) is 0 Å². The SMILES string of the molecule is CC(C)(O)[C@@H]1CC[C@](C)([C@H]2[C@@H](O)C[C@@]3(C)C4C[C@H](OC(=O)C(Cc5ccccc5)NCl)[C@H]5C(C)(C)[C@@H](O)CC[C@@]56C[C@@]46CC[C@]23C)O1. The second kappa shape index (κ2) is 10.9. The molecule has 0 radical (unpaired) electrons. The molecule has 5 saturated carbocycles. The van der Waals surface area contributed by atoms with Crippen molar-refractivity contribution in [3.63, 3.8) is 0 Å². The Labute approximate surface area is 286 Å². The Bertz CT molecular complexity index is 1380. The topological polar surface area (TPSA) is 108 Å². The second-order valence-electron chi connectivity index (χ2n) is 18.7. The molecule has 0 bridgehead atoms. The van der Waals surface area contributed by atoms with Gasteiger partial charge in [-0.15, -0.1) is 0 Å². The summed E-state index contributed by atoms with van der Waals surface area (Å²) >= 11 is 6.20. The Morgan fingerprint density at radius 1 is 1.00 bits per heavy atom. The standard InChI is InChI=1S/C39H58ClNO6/c1-33(2)28(43)13-16-39-22-38(39)18-17-35(5)30(37(7)15-14-29(47-37)34(3,4)45)25(42)21-36(35,6)27(38)20-26(31(33)39)46-32(44)24(41-40)19-23-11-9-8-10-12-23/h8-12,24-31,41-43,45H,13-22H2,1-7H3/t24?,25-,26-,27?,28-,29-,30-,31-,35+,36-,37+,38-,39+/m0/s1. The summed E-state index contributed by atoms with van der Waals surface area (Å²) in [5.74, 6) is -0.0888. The number of carbonyl (C=O) groups is 1. The van der Waals surface area contributed by atoms with Gasteiger partial charge in [0.2, 0.25) is 0 Å². The Balaban J connectivity index is 1.23. The highest BCUT2D eigenvalue weighted by Gasteiger charge is 2.85. The number of hydrogen-bond donors (Lipinski definition) is 4. The van der Waals surface area contributed by atoms with Crippen LogP contribution in [0.3, 0.4) is 0 Å². The van der Waals surface area contributed by atoms with Crippen LogP contribution in [0.4, 0.5) is 0 Å². The van der Waals surface area contributed by atoms with Crippen molar-refractivity contribution in [1.29, 1.82) is 0 Å². The number of fused-ring (bicyclic) bond motifs is 2. The number of esters is 1. The van der Waals surface area contributed by atoms with Crippen molar-refractivity contribution in [3.8, 4) is 0 Å². The molecule has 8 heteroatoms. The zero-order valence-electron chi connectivity index (χ0n) is 29.5. The predicted molar refractivity (Wildman–Crippen MR) is 181 cm³/mol. The molecule has 2 unspecified atom stereocenters. The van der Waals surface area contributed by atoms with Gasteiger partial charge in [0.1, 0.15) is 12.1 Å². The summed E-state index contributed by atoms with van der Waals surface area (Å²) in [6, 6.07) is 9.17. The van der Waals surface area contributed by atoms with Gasteiger partial charge in [-0.05, 0) is 135 Å². The van der Waals surface area contributed by atoms with Crippen LogP contribution in [0, 0.1) is 44.8 Å². The van der Waals surface area contributed by atoms with E-state index in [0.717, 1.165) is 56.9 Å². The van der Waals surface area contributed by atoms with E-state index in [1.165, 1.54) is 0 Å². The summed E-state index contributed by atoms with van der Waals surface area (Å²) in [6.07, 6.45) is 6.78. The predicted octanol–water partition coefficient (Wildman–Crippen LogP) is 6.34. The molecule has 1 aliphatic heterocycles. The van der Waals surface area contributed by atoms with Gasteiger partial charge in [0, 0.05) is 11.8 Å². The average Bonchev–Trinajstić information content (AvgIpc) is 3.36. The van der Waals surface area contributed by atoms with E-state index in [1.54, 1.807) is 0 Å². The van der Waals surface area contributed by atoms with Crippen LogP contribution >= 0.6 is 11.8 Å². The normalized spacial score (nSPS) is 48.9. The minimum absolute atomic E-state index is 0.0000601. The molecule has 2 spiro atoms. The molecule has 6 fully saturated rings. The number of nitrogens with one attached hydrogen (secondary N) is 1. The van der Waals surface area contributed by atoms with Crippen molar-refractivity contribution in [2.45, 2.75) is 154 Å². The van der Waals surface area contributed by atoms with Gasteiger partial charge in [-0.2, -0.15) is 0 Å². The first-order valence-electron chi connectivity index (χ1n) is 18.3. The summed E-state index contributed by atoms with van der Waals surface area (Å²) in [4.78, 5) is 16.7. The van der Waals surface area contributed by atoms with E-state index in [9.17, 15) is 20.1 Å². The lowest BCUT2D eigenvalue weighted by molar-refractivity contribution is -0.221. The number of benzene rings is 1. The van der Waals surface area contributed by atoms with Crippen LogP contribution in [0.2, 0.25) is 0 Å². The van der Waals surface area contributed by atoms with Crippen molar-refractivity contribution < 1.29 is 29.6 Å². The molecule has 1 aromatic carbocycles. The van der Waals surface area contributed by atoms with Crippen LogP contribution in [0.1, 0.15) is 112 Å². The Morgan fingerprint density at radius 3 is 2.34 bits per heavy atom. The molecule has 4 N–H and O–H groups in total. The maximum atomic E-state index is 14.0. The van der Waals surface area contributed by atoms with Crippen LogP contribution < -0.4 is 4.84 Å². The fourth-order valence-electron chi connectivity index (χ4n) is 13.5. The molecule has 47 heavy (non-hydrogen) atoms. The number of rotatable bonds is 7. The molecule has 6 aliphatic rings. The van der Waals surface area contributed by atoms with E-state index >= 15 is 0 Å². The van der Waals surface area contributed by atoms with Gasteiger partial charge in [-0.1, -0.05) is 58.0 Å². The Kier molecular flexibility index (Phi) is 7.93. The van der Waals surface area contributed by atoms with Crippen LogP contribution in [-0.2, 0) is 20.7 Å². The average molecular weight is 672 g/mol. The smallest absolute Gasteiger partial charge is 0.325 e. The zero-order chi connectivity index (χ0) is 34.0. The lowest BCUT2D eigenvalue weighted by Gasteiger charge is -2.64. The molecular weight excluding hydrogens is 614 g/mol. The highest BCUT2D eigenvalue weighted by Crippen LogP contribution is 2.89. The lowest BCUT2D eigenvalue weighted by Crippen LogP contribution is -2.63. The largest absolute Gasteiger partial charge is 0.461 e. The minimum Gasteiger partial charge on any atom is -0.461 e. The van der Waals surface area contributed by atoms with Crippen LogP contribution in [0.15, 0.2) is 30.3 Å². The van der Waals surface area contributed by atoms with Crippen molar-refractivity contribution in [1.82, 2.24) is 4.84 Å². The third-order valence-corrected chi connectivity index (χ3v) is 16.0. The highest BCUT2D eigenvalue weighted by molar-refractivity contribution is 6.14. The minimum atomic E-state index is -0.938. The van der Waals surface area contributed by atoms with E-state index in [1.807, 2.05) is 44.2 Å². The van der Waals surface area contributed by atoms with Crippen molar-refractivity contribution in [2.24, 2.45) is 44.8 Å². The molecule has 5 aliphatic carbocycles. The molecule has 262 valence electrons. The maximum absolute atomic E-state index is 14.0. The molecule has 7 rings (SSSR count). The third kappa shape index (κ3) is 4.72. The summed E-state index contributed by atoms with van der Waals surface area (Å²) in [5, 5.41) is 34.3. The van der Waals surface area contributed by atoms with Crippen molar-refractivity contribution in [2.75, 3.05) is 0 Å². The van der Waals surface area contributed by atoms with E-state index in [4.69, 9.17) is 21.3 Å². The number of ether oxygens (including phenoxy) is 2. The first-order valence-corrected chi connectivity index (χ1v) is 18.6. The fraction of sp³-hybridized carbons (Fsp3) is 0.821. The van der Waals surface area contributed by atoms with Crippen LogP contribution in [0.5, 0.6) is 0 Å². The third-order valence-electron chi connectivity index (χ3n) is 15.7. The van der Waals surface area contributed by atoms with Crippen molar-refractivity contribution >= 4 is 17.7 Å². The molecule has 1 aromatic rings. The van der Waals surface area contributed by atoms with Crippen LogP contribution in [0.25, 0.3) is 0 Å². The molecular formula is C39H58ClNO6. The number of aliphatic hydroxyl groups excluding tert-OH is 2.